The molecule has 0 aliphatic carbocycles. The Morgan fingerprint density at radius 2 is 2.26 bits per heavy atom. The van der Waals surface area contributed by atoms with E-state index in [2.05, 4.69) is 20.6 Å². The molecule has 10 nitrogen and oxygen atoms in total. The van der Waals surface area contributed by atoms with Crippen molar-refractivity contribution in [2.45, 2.75) is 13.0 Å². The molecule has 0 saturated carbocycles. The topological polar surface area (TPSA) is 128 Å². The molecule has 0 aliphatic rings. The monoisotopic (exact) mass is 388 g/mol. The standard InChI is InChI=1S/C16H13ClN6O4/c17-12-3-1-2-11(8-12)14-5-4-13(27-14)9-19-20-15(24)6-7-22-10-18-16(21-22)23(25)26/h1-5,8-10H,6-7H2,(H,20,24). The molecule has 0 radical (unpaired) electrons. The quantitative estimate of drug-likeness (QED) is 0.376. The van der Waals surface area contributed by atoms with Gasteiger partial charge in [-0.15, -0.1) is 0 Å². The molecule has 0 saturated heterocycles. The number of nitro groups is 1. The van der Waals surface area contributed by atoms with Crippen LogP contribution in [0.2, 0.25) is 5.02 Å². The van der Waals surface area contributed by atoms with E-state index in [-0.39, 0.29) is 18.9 Å². The minimum Gasteiger partial charge on any atom is -0.455 e. The number of nitrogens with one attached hydrogen (secondary N) is 1. The number of benzene rings is 1. The third-order valence-corrected chi connectivity index (χ3v) is 3.61. The van der Waals surface area contributed by atoms with Crippen LogP contribution in [0.4, 0.5) is 5.95 Å². The normalized spacial score (nSPS) is 11.0. The summed E-state index contributed by atoms with van der Waals surface area (Å²) in [6.45, 7) is 0.141. The van der Waals surface area contributed by atoms with Crippen LogP contribution in [0.5, 0.6) is 0 Å². The first kappa shape index (κ1) is 18.3. The predicted octanol–water partition coefficient (Wildman–Crippen LogP) is 2.64. The summed E-state index contributed by atoms with van der Waals surface area (Å²) < 4.78 is 6.83. The summed E-state index contributed by atoms with van der Waals surface area (Å²) in [7, 11) is 0. The fourth-order valence-electron chi connectivity index (χ4n) is 2.14. The maximum atomic E-state index is 11.7. The van der Waals surface area contributed by atoms with Gasteiger partial charge in [-0.2, -0.15) is 9.78 Å². The first-order valence-electron chi connectivity index (χ1n) is 7.73. The van der Waals surface area contributed by atoms with Crippen LogP contribution in [0.25, 0.3) is 11.3 Å². The van der Waals surface area contributed by atoms with Crippen molar-refractivity contribution in [3.8, 4) is 11.3 Å². The number of nitrogens with zero attached hydrogens (tertiary/aromatic N) is 5. The van der Waals surface area contributed by atoms with Crippen molar-refractivity contribution in [3.63, 3.8) is 0 Å². The first-order valence-corrected chi connectivity index (χ1v) is 8.10. The van der Waals surface area contributed by atoms with Gasteiger partial charge in [-0.25, -0.2) is 5.43 Å². The van der Waals surface area contributed by atoms with Crippen molar-refractivity contribution < 1.29 is 14.1 Å². The predicted molar refractivity (Wildman–Crippen MR) is 96.2 cm³/mol. The summed E-state index contributed by atoms with van der Waals surface area (Å²) in [5, 5.41) is 18.5. The molecule has 3 aromatic rings. The number of halogens is 1. The number of aryl methyl sites for hydroxylation is 1. The van der Waals surface area contributed by atoms with E-state index < -0.39 is 10.9 Å². The fourth-order valence-corrected chi connectivity index (χ4v) is 2.33. The van der Waals surface area contributed by atoms with E-state index in [9.17, 15) is 14.9 Å². The van der Waals surface area contributed by atoms with Crippen LogP contribution in [-0.4, -0.2) is 31.8 Å². The van der Waals surface area contributed by atoms with E-state index in [4.69, 9.17) is 16.0 Å². The Hall–Kier alpha value is -3.53. The van der Waals surface area contributed by atoms with Crippen LogP contribution >= 0.6 is 11.6 Å². The lowest BCUT2D eigenvalue weighted by molar-refractivity contribution is -0.394. The minimum absolute atomic E-state index is 0.0315. The van der Waals surface area contributed by atoms with Gasteiger partial charge in [0.25, 0.3) is 0 Å². The fraction of sp³-hybridized carbons (Fsp3) is 0.125. The van der Waals surface area contributed by atoms with Gasteiger partial charge in [0, 0.05) is 22.1 Å². The van der Waals surface area contributed by atoms with Crippen molar-refractivity contribution >= 4 is 29.7 Å². The number of amides is 1. The van der Waals surface area contributed by atoms with Crippen LogP contribution in [0, 0.1) is 10.1 Å². The lowest BCUT2D eigenvalue weighted by atomic mass is 10.2. The highest BCUT2D eigenvalue weighted by Crippen LogP contribution is 2.24. The SMILES string of the molecule is O=C(CCn1cnc([N+](=O)[O-])n1)NN=Cc1ccc(-c2cccc(Cl)c2)o1. The van der Waals surface area contributed by atoms with E-state index in [0.717, 1.165) is 5.56 Å². The van der Waals surface area contributed by atoms with Crippen LogP contribution < -0.4 is 5.43 Å². The molecular weight excluding hydrogens is 376 g/mol. The zero-order valence-electron chi connectivity index (χ0n) is 13.8. The molecule has 0 fully saturated rings. The molecule has 1 aromatic carbocycles. The smallest absolute Gasteiger partial charge is 0.455 e. The lowest BCUT2D eigenvalue weighted by Gasteiger charge is -1.98. The second-order valence-electron chi connectivity index (χ2n) is 5.32. The number of carbonyl (C=O) groups excluding carboxylic acids is 1. The van der Waals surface area contributed by atoms with Crippen LogP contribution in [0.1, 0.15) is 12.2 Å². The molecule has 1 amide bonds. The Bertz CT molecular complexity index is 996. The third kappa shape index (κ3) is 4.98. The first-order chi connectivity index (χ1) is 13.0. The summed E-state index contributed by atoms with van der Waals surface area (Å²) in [4.78, 5) is 25.0. The maximum Gasteiger partial charge on any atom is 0.490 e. The molecule has 11 heteroatoms. The number of rotatable bonds is 7. The molecule has 138 valence electrons. The Morgan fingerprint density at radius 3 is 3.00 bits per heavy atom. The van der Waals surface area contributed by atoms with Gasteiger partial charge >= 0.3 is 5.95 Å². The molecular formula is C16H13ClN6O4. The van der Waals surface area contributed by atoms with Gasteiger partial charge in [0.1, 0.15) is 11.5 Å². The van der Waals surface area contributed by atoms with Crippen LogP contribution in [0.3, 0.4) is 0 Å². The number of carbonyl (C=O) groups is 1. The molecule has 3 rings (SSSR count). The second-order valence-corrected chi connectivity index (χ2v) is 5.76. The highest BCUT2D eigenvalue weighted by atomic mass is 35.5. The van der Waals surface area contributed by atoms with E-state index in [1.165, 1.54) is 17.2 Å². The Kier molecular flexibility index (Phi) is 5.57. The Morgan fingerprint density at radius 1 is 1.41 bits per heavy atom. The van der Waals surface area contributed by atoms with Crippen molar-refractivity contribution in [1.82, 2.24) is 20.2 Å². The highest BCUT2D eigenvalue weighted by molar-refractivity contribution is 6.30. The van der Waals surface area contributed by atoms with Gasteiger partial charge in [-0.1, -0.05) is 28.7 Å². The van der Waals surface area contributed by atoms with Crippen molar-refractivity contribution in [3.05, 3.63) is 63.6 Å². The zero-order valence-corrected chi connectivity index (χ0v) is 14.5. The van der Waals surface area contributed by atoms with Gasteiger partial charge in [-0.3, -0.25) is 4.79 Å². The Labute approximate surface area is 157 Å². The minimum atomic E-state index is -0.706. The average molecular weight is 389 g/mol. The van der Waals surface area contributed by atoms with Gasteiger partial charge in [0.05, 0.1) is 12.8 Å². The van der Waals surface area contributed by atoms with E-state index in [1.54, 1.807) is 24.3 Å². The molecule has 0 spiro atoms. The molecule has 0 unspecified atom stereocenters. The van der Waals surface area contributed by atoms with Crippen LogP contribution in [0.15, 0.2) is 52.2 Å². The number of furan rings is 1. The van der Waals surface area contributed by atoms with Gasteiger partial charge in [0.15, 0.2) is 0 Å². The van der Waals surface area contributed by atoms with E-state index in [1.807, 2.05) is 12.1 Å². The number of hydrogen-bond donors (Lipinski definition) is 1. The van der Waals surface area contributed by atoms with Gasteiger partial charge < -0.3 is 14.5 Å². The number of hydrazone groups is 1. The van der Waals surface area contributed by atoms with Crippen molar-refractivity contribution in [2.75, 3.05) is 0 Å². The van der Waals surface area contributed by atoms with Crippen molar-refractivity contribution in [1.29, 1.82) is 0 Å². The number of aromatic nitrogens is 3. The molecule has 0 bridgehead atoms. The number of hydrogen-bond acceptors (Lipinski definition) is 7. The summed E-state index contributed by atoms with van der Waals surface area (Å²) in [5.74, 6) is 0.183. The van der Waals surface area contributed by atoms with E-state index >= 15 is 0 Å². The average Bonchev–Trinajstić information content (AvgIpc) is 3.30. The highest BCUT2D eigenvalue weighted by Gasteiger charge is 2.13. The van der Waals surface area contributed by atoms with E-state index in [0.29, 0.717) is 16.5 Å². The third-order valence-electron chi connectivity index (χ3n) is 3.37. The maximum absolute atomic E-state index is 11.7. The van der Waals surface area contributed by atoms with Crippen LogP contribution in [-0.2, 0) is 11.3 Å². The second kappa shape index (κ2) is 8.23. The molecule has 0 atom stereocenters. The van der Waals surface area contributed by atoms with Crippen molar-refractivity contribution in [2.24, 2.45) is 5.10 Å². The zero-order chi connectivity index (χ0) is 19.2. The van der Waals surface area contributed by atoms with Gasteiger partial charge in [0.2, 0.25) is 12.2 Å². The molecule has 2 aromatic heterocycles. The largest absolute Gasteiger partial charge is 0.490 e. The summed E-state index contributed by atoms with van der Waals surface area (Å²) >= 11 is 5.95. The Balaban J connectivity index is 1.50. The molecule has 1 N–H and O–H groups in total. The summed E-state index contributed by atoms with van der Waals surface area (Å²) in [6.07, 6.45) is 2.59. The molecule has 0 aliphatic heterocycles. The summed E-state index contributed by atoms with van der Waals surface area (Å²) in [6, 6.07) is 10.7. The molecule has 2 heterocycles. The molecule has 27 heavy (non-hydrogen) atoms. The summed E-state index contributed by atoms with van der Waals surface area (Å²) in [5.41, 5.74) is 3.17. The lowest BCUT2D eigenvalue weighted by Crippen LogP contribution is -2.19. The van der Waals surface area contributed by atoms with Gasteiger partial charge in [-0.05, 0) is 29.2 Å².